The van der Waals surface area contributed by atoms with Crippen molar-refractivity contribution in [1.82, 2.24) is 10.2 Å². The minimum absolute atomic E-state index is 0.0156. The van der Waals surface area contributed by atoms with Crippen LogP contribution >= 0.6 is 12.2 Å². The summed E-state index contributed by atoms with van der Waals surface area (Å²) in [6, 6.07) is 0. The predicted octanol–water partition coefficient (Wildman–Crippen LogP) is 1.68. The predicted molar refractivity (Wildman–Crippen MR) is 83.1 cm³/mol. The highest BCUT2D eigenvalue weighted by Gasteiger charge is 2.42. The molecule has 0 bridgehead atoms. The Morgan fingerprint density at radius 1 is 1.37 bits per heavy atom. The number of nitrogens with two attached hydrogens (primary N) is 1. The average Bonchev–Trinajstić information content (AvgIpc) is 2.28. The molecule has 1 saturated carbocycles. The molecule has 0 saturated heterocycles. The number of rotatable bonds is 7. The monoisotopic (exact) mass is 285 g/mol. The third-order valence-electron chi connectivity index (χ3n) is 4.92. The van der Waals surface area contributed by atoms with Crippen molar-refractivity contribution < 1.29 is 4.79 Å². The summed E-state index contributed by atoms with van der Waals surface area (Å²) >= 11 is 5.11. The van der Waals surface area contributed by atoms with Gasteiger partial charge >= 0.3 is 0 Å². The van der Waals surface area contributed by atoms with Gasteiger partial charge in [-0.05, 0) is 46.2 Å². The van der Waals surface area contributed by atoms with Crippen molar-refractivity contribution in [2.75, 3.05) is 20.6 Å². The summed E-state index contributed by atoms with van der Waals surface area (Å²) in [5.74, 6) is -0.0156. The van der Waals surface area contributed by atoms with Gasteiger partial charge in [0, 0.05) is 12.1 Å². The van der Waals surface area contributed by atoms with Crippen LogP contribution in [0.15, 0.2) is 0 Å². The number of nitrogens with one attached hydrogen (secondary N) is 1. The first-order valence-corrected chi connectivity index (χ1v) is 7.51. The fourth-order valence-corrected chi connectivity index (χ4v) is 3.19. The normalized spacial score (nSPS) is 17.9. The largest absolute Gasteiger partial charge is 0.392 e. The Labute approximate surface area is 122 Å². The van der Waals surface area contributed by atoms with Gasteiger partial charge in [0.15, 0.2) is 0 Å². The lowest BCUT2D eigenvalue weighted by atomic mass is 9.75. The molecule has 5 heteroatoms. The van der Waals surface area contributed by atoms with Crippen molar-refractivity contribution in [2.24, 2.45) is 11.1 Å². The molecule has 0 unspecified atom stereocenters. The molecule has 0 radical (unpaired) electrons. The van der Waals surface area contributed by atoms with Crippen LogP contribution < -0.4 is 11.1 Å². The van der Waals surface area contributed by atoms with Crippen LogP contribution in [0.5, 0.6) is 0 Å². The Morgan fingerprint density at radius 2 is 1.89 bits per heavy atom. The lowest BCUT2D eigenvalue weighted by Crippen LogP contribution is -2.59. The zero-order valence-electron chi connectivity index (χ0n) is 12.6. The minimum Gasteiger partial charge on any atom is -0.392 e. The number of amides is 1. The molecule has 1 amide bonds. The van der Waals surface area contributed by atoms with Gasteiger partial charge in [0.1, 0.15) is 0 Å². The van der Waals surface area contributed by atoms with E-state index in [2.05, 4.69) is 24.3 Å². The fraction of sp³-hybridized carbons (Fsp3) is 0.857. The zero-order valence-corrected chi connectivity index (χ0v) is 13.4. The quantitative estimate of drug-likeness (QED) is 0.699. The summed E-state index contributed by atoms with van der Waals surface area (Å²) in [6.07, 6.45) is 4.81. The molecule has 1 aliphatic carbocycles. The number of hydrogen-bond acceptors (Lipinski definition) is 3. The minimum atomic E-state index is -0.688. The van der Waals surface area contributed by atoms with Crippen molar-refractivity contribution in [2.45, 2.75) is 51.5 Å². The molecule has 19 heavy (non-hydrogen) atoms. The highest BCUT2D eigenvalue weighted by atomic mass is 32.1. The molecule has 0 aliphatic heterocycles. The highest BCUT2D eigenvalue weighted by molar-refractivity contribution is 7.80. The number of likely N-dealkylation sites (N-methyl/N-ethyl adjacent to an activating group) is 1. The van der Waals surface area contributed by atoms with Gasteiger partial charge in [-0.2, -0.15) is 0 Å². The molecule has 0 atom stereocenters. The smallest absolute Gasteiger partial charge is 0.233 e. The molecule has 1 rings (SSSR count). The topological polar surface area (TPSA) is 58.4 Å². The summed E-state index contributed by atoms with van der Waals surface area (Å²) in [5, 5.41) is 3.08. The molecular formula is C14H27N3OS. The van der Waals surface area contributed by atoms with E-state index in [9.17, 15) is 4.79 Å². The van der Waals surface area contributed by atoms with E-state index >= 15 is 0 Å². The maximum Gasteiger partial charge on any atom is 0.233 e. The standard InChI is InChI=1S/C14H27N3OS/c1-5-14(6-2,11(15)19)12(18)16-10-13(17(3)4)8-7-9-13/h5-10H2,1-4H3,(H2,15,19)(H,16,18). The molecule has 0 aromatic carbocycles. The second kappa shape index (κ2) is 6.18. The van der Waals surface area contributed by atoms with Crippen LogP contribution in [0.4, 0.5) is 0 Å². The molecule has 0 aromatic rings. The number of carbonyl (C=O) groups is 1. The van der Waals surface area contributed by atoms with Crippen molar-refractivity contribution in [3.8, 4) is 0 Å². The molecule has 1 aliphatic rings. The molecule has 0 spiro atoms. The van der Waals surface area contributed by atoms with E-state index in [0.717, 1.165) is 12.8 Å². The maximum absolute atomic E-state index is 12.5. The van der Waals surface area contributed by atoms with Gasteiger partial charge in [-0.15, -0.1) is 0 Å². The summed E-state index contributed by atoms with van der Waals surface area (Å²) in [7, 11) is 4.15. The summed E-state index contributed by atoms with van der Waals surface area (Å²) < 4.78 is 0. The lowest BCUT2D eigenvalue weighted by Gasteiger charge is -2.48. The van der Waals surface area contributed by atoms with E-state index in [1.165, 1.54) is 6.42 Å². The van der Waals surface area contributed by atoms with Crippen LogP contribution in [0.3, 0.4) is 0 Å². The Bertz CT molecular complexity index is 347. The van der Waals surface area contributed by atoms with Crippen molar-refractivity contribution in [3.05, 3.63) is 0 Å². The highest BCUT2D eigenvalue weighted by Crippen LogP contribution is 2.36. The summed E-state index contributed by atoms with van der Waals surface area (Å²) in [4.78, 5) is 15.0. The molecule has 4 nitrogen and oxygen atoms in total. The number of thiocarbonyl (C=S) groups is 1. The summed E-state index contributed by atoms with van der Waals surface area (Å²) in [5.41, 5.74) is 5.24. The fourth-order valence-electron chi connectivity index (χ4n) is 2.81. The van der Waals surface area contributed by atoms with E-state index in [-0.39, 0.29) is 11.4 Å². The first-order valence-electron chi connectivity index (χ1n) is 7.10. The molecular weight excluding hydrogens is 258 g/mol. The zero-order chi connectivity index (χ0) is 14.7. The van der Waals surface area contributed by atoms with E-state index in [1.54, 1.807) is 0 Å². The van der Waals surface area contributed by atoms with Gasteiger partial charge in [0.25, 0.3) is 0 Å². The van der Waals surface area contributed by atoms with Gasteiger partial charge in [-0.1, -0.05) is 26.1 Å². The number of carbonyl (C=O) groups excluding carboxylic acids is 1. The molecule has 110 valence electrons. The SMILES string of the molecule is CCC(CC)(C(=O)NCC1(N(C)C)CCC1)C(N)=S. The number of nitrogens with zero attached hydrogens (tertiary/aromatic N) is 1. The van der Waals surface area contributed by atoms with Crippen LogP contribution in [0.2, 0.25) is 0 Å². The van der Waals surface area contributed by atoms with Crippen molar-refractivity contribution >= 4 is 23.1 Å². The molecule has 1 fully saturated rings. The van der Waals surface area contributed by atoms with Crippen LogP contribution in [0, 0.1) is 5.41 Å². The Kier molecular flexibility index (Phi) is 5.33. The average molecular weight is 285 g/mol. The van der Waals surface area contributed by atoms with Crippen LogP contribution in [-0.2, 0) is 4.79 Å². The van der Waals surface area contributed by atoms with Crippen LogP contribution in [-0.4, -0.2) is 42.0 Å². The first kappa shape index (κ1) is 16.4. The summed E-state index contributed by atoms with van der Waals surface area (Å²) in [6.45, 7) is 4.61. The molecule has 0 heterocycles. The lowest BCUT2D eigenvalue weighted by molar-refractivity contribution is -0.128. The second-order valence-electron chi connectivity index (χ2n) is 5.81. The van der Waals surface area contributed by atoms with Gasteiger partial charge < -0.3 is 16.0 Å². The van der Waals surface area contributed by atoms with E-state index < -0.39 is 5.41 Å². The third-order valence-corrected chi connectivity index (χ3v) is 5.32. The maximum atomic E-state index is 12.5. The Hall–Kier alpha value is -0.680. The van der Waals surface area contributed by atoms with Crippen LogP contribution in [0.25, 0.3) is 0 Å². The van der Waals surface area contributed by atoms with Gasteiger partial charge in [0.2, 0.25) is 5.91 Å². The van der Waals surface area contributed by atoms with Gasteiger partial charge in [0.05, 0.1) is 10.4 Å². The van der Waals surface area contributed by atoms with E-state index in [0.29, 0.717) is 24.4 Å². The number of hydrogen-bond donors (Lipinski definition) is 2. The van der Waals surface area contributed by atoms with E-state index in [1.807, 2.05) is 13.8 Å². The van der Waals surface area contributed by atoms with Crippen molar-refractivity contribution in [1.29, 1.82) is 0 Å². The molecule has 0 aromatic heterocycles. The Morgan fingerprint density at radius 3 is 2.16 bits per heavy atom. The van der Waals surface area contributed by atoms with Crippen LogP contribution in [0.1, 0.15) is 46.0 Å². The van der Waals surface area contributed by atoms with E-state index in [4.69, 9.17) is 18.0 Å². The van der Waals surface area contributed by atoms with Crippen molar-refractivity contribution in [3.63, 3.8) is 0 Å². The Balaban J connectivity index is 2.71. The van der Waals surface area contributed by atoms with Gasteiger partial charge in [-0.3, -0.25) is 4.79 Å². The van der Waals surface area contributed by atoms with Gasteiger partial charge in [-0.25, -0.2) is 0 Å². The first-order chi connectivity index (χ1) is 8.84. The molecule has 3 N–H and O–H groups in total. The third kappa shape index (κ3) is 2.92. The second-order valence-corrected chi connectivity index (χ2v) is 6.25.